The summed E-state index contributed by atoms with van der Waals surface area (Å²) in [5.74, 6) is -0.324. The van der Waals surface area contributed by atoms with E-state index in [2.05, 4.69) is 6.92 Å². The van der Waals surface area contributed by atoms with E-state index in [0.29, 0.717) is 19.4 Å². The van der Waals surface area contributed by atoms with Crippen LogP contribution < -0.4 is 0 Å². The van der Waals surface area contributed by atoms with Crippen LogP contribution in [0.5, 0.6) is 0 Å². The maximum absolute atomic E-state index is 12.9. The molecule has 0 N–H and O–H groups in total. The van der Waals surface area contributed by atoms with Gasteiger partial charge < -0.3 is 14.3 Å². The van der Waals surface area contributed by atoms with Crippen LogP contribution in [0.2, 0.25) is 0 Å². The highest BCUT2D eigenvalue weighted by Crippen LogP contribution is 2.61. The van der Waals surface area contributed by atoms with Gasteiger partial charge in [-0.3, -0.25) is 4.79 Å². The van der Waals surface area contributed by atoms with Gasteiger partial charge in [0.25, 0.3) is 0 Å². The molecule has 1 fully saturated rings. The van der Waals surface area contributed by atoms with Gasteiger partial charge in [0.1, 0.15) is 17.6 Å². The molecule has 0 radical (unpaired) electrons. The van der Waals surface area contributed by atoms with E-state index >= 15 is 0 Å². The first-order valence-electron chi connectivity index (χ1n) is 9.14. The zero-order chi connectivity index (χ0) is 18.6. The Kier molecular flexibility index (Phi) is 6.04. The molecular weight excluding hydrogens is 316 g/mol. The van der Waals surface area contributed by atoms with Crippen molar-refractivity contribution in [1.29, 1.82) is 0 Å². The SMILES string of the molecule is CCCCOC(C=O)(C(C)(C)C)C1(C(=O)OCc2ccccc2)CC1. The molecule has 0 bridgehead atoms. The molecule has 0 saturated heterocycles. The van der Waals surface area contributed by atoms with Crippen molar-refractivity contribution in [2.45, 2.75) is 65.6 Å². The monoisotopic (exact) mass is 346 g/mol. The van der Waals surface area contributed by atoms with Crippen molar-refractivity contribution >= 4 is 12.3 Å². The highest BCUT2D eigenvalue weighted by molar-refractivity contribution is 5.88. The van der Waals surface area contributed by atoms with Crippen LogP contribution >= 0.6 is 0 Å². The van der Waals surface area contributed by atoms with E-state index in [0.717, 1.165) is 24.7 Å². The Bertz CT molecular complexity index is 584. The first kappa shape index (κ1) is 19.6. The number of benzene rings is 1. The molecule has 138 valence electrons. The largest absolute Gasteiger partial charge is 0.460 e. The van der Waals surface area contributed by atoms with Gasteiger partial charge in [0.05, 0.1) is 0 Å². The number of ether oxygens (including phenoxy) is 2. The van der Waals surface area contributed by atoms with Crippen LogP contribution in [0.1, 0.15) is 58.9 Å². The Morgan fingerprint density at radius 2 is 1.84 bits per heavy atom. The Balaban J connectivity index is 2.19. The van der Waals surface area contributed by atoms with E-state index in [-0.39, 0.29) is 12.6 Å². The average Bonchev–Trinajstić information content (AvgIpc) is 3.38. The molecule has 1 unspecified atom stereocenters. The molecule has 1 aliphatic carbocycles. The van der Waals surface area contributed by atoms with Crippen LogP contribution in [0.3, 0.4) is 0 Å². The van der Waals surface area contributed by atoms with E-state index in [1.807, 2.05) is 51.1 Å². The van der Waals surface area contributed by atoms with Gasteiger partial charge in [-0.05, 0) is 30.2 Å². The van der Waals surface area contributed by atoms with Gasteiger partial charge in [-0.2, -0.15) is 0 Å². The molecule has 4 nitrogen and oxygen atoms in total. The summed E-state index contributed by atoms with van der Waals surface area (Å²) in [6, 6.07) is 9.58. The lowest BCUT2D eigenvalue weighted by molar-refractivity contribution is -0.190. The summed E-state index contributed by atoms with van der Waals surface area (Å²) in [7, 11) is 0. The number of hydrogen-bond donors (Lipinski definition) is 0. The molecule has 0 spiro atoms. The Morgan fingerprint density at radius 3 is 2.32 bits per heavy atom. The zero-order valence-corrected chi connectivity index (χ0v) is 15.8. The Hall–Kier alpha value is -1.68. The third kappa shape index (κ3) is 3.79. The minimum absolute atomic E-state index is 0.218. The van der Waals surface area contributed by atoms with Gasteiger partial charge in [0, 0.05) is 6.61 Å². The van der Waals surface area contributed by atoms with E-state index in [1.165, 1.54) is 0 Å². The van der Waals surface area contributed by atoms with Crippen molar-refractivity contribution < 1.29 is 19.1 Å². The lowest BCUT2D eigenvalue weighted by Crippen LogP contribution is -2.57. The number of rotatable bonds is 9. The van der Waals surface area contributed by atoms with Gasteiger partial charge >= 0.3 is 5.97 Å². The fourth-order valence-corrected chi connectivity index (χ4v) is 3.49. The number of esters is 1. The summed E-state index contributed by atoms with van der Waals surface area (Å²) in [5, 5.41) is 0. The van der Waals surface area contributed by atoms with Crippen LogP contribution in [-0.4, -0.2) is 24.5 Å². The van der Waals surface area contributed by atoms with Crippen molar-refractivity contribution in [3.05, 3.63) is 35.9 Å². The third-order valence-electron chi connectivity index (χ3n) is 5.17. The summed E-state index contributed by atoms with van der Waals surface area (Å²) in [4.78, 5) is 25.1. The first-order chi connectivity index (χ1) is 11.8. The van der Waals surface area contributed by atoms with Crippen LogP contribution in [-0.2, 0) is 25.7 Å². The molecule has 0 amide bonds. The number of carbonyl (C=O) groups excluding carboxylic acids is 2. The zero-order valence-electron chi connectivity index (χ0n) is 15.8. The predicted molar refractivity (Wildman–Crippen MR) is 97.0 cm³/mol. The molecular formula is C21H30O4. The lowest BCUT2D eigenvalue weighted by atomic mass is 9.67. The van der Waals surface area contributed by atoms with Gasteiger partial charge in [-0.1, -0.05) is 64.4 Å². The first-order valence-corrected chi connectivity index (χ1v) is 9.14. The molecule has 1 saturated carbocycles. The molecule has 1 aliphatic rings. The standard InChI is InChI=1S/C21H30O4/c1-5-6-14-25-21(16-22,19(2,3)4)20(12-13-20)18(23)24-15-17-10-8-7-9-11-17/h7-11,16H,5-6,12-15H2,1-4H3. The second kappa shape index (κ2) is 7.69. The van der Waals surface area contributed by atoms with Crippen LogP contribution in [0.15, 0.2) is 30.3 Å². The van der Waals surface area contributed by atoms with Crippen molar-refractivity contribution in [3.63, 3.8) is 0 Å². The second-order valence-electron chi connectivity index (χ2n) is 7.95. The molecule has 0 heterocycles. The van der Waals surface area contributed by atoms with Crippen molar-refractivity contribution in [2.24, 2.45) is 10.8 Å². The lowest BCUT2D eigenvalue weighted by Gasteiger charge is -2.45. The Morgan fingerprint density at radius 1 is 1.20 bits per heavy atom. The average molecular weight is 346 g/mol. The number of carbonyl (C=O) groups is 2. The third-order valence-corrected chi connectivity index (χ3v) is 5.17. The summed E-state index contributed by atoms with van der Waals surface area (Å²) < 4.78 is 11.7. The van der Waals surface area contributed by atoms with E-state index < -0.39 is 16.4 Å². The molecule has 1 atom stereocenters. The van der Waals surface area contributed by atoms with Gasteiger partial charge in [0.15, 0.2) is 6.29 Å². The van der Waals surface area contributed by atoms with Crippen LogP contribution in [0, 0.1) is 10.8 Å². The Labute approximate surface area is 150 Å². The molecule has 2 rings (SSSR count). The van der Waals surface area contributed by atoms with Gasteiger partial charge in [-0.25, -0.2) is 0 Å². The summed E-state index contributed by atoms with van der Waals surface area (Å²) in [6.07, 6.45) is 3.94. The minimum atomic E-state index is -1.15. The van der Waals surface area contributed by atoms with Gasteiger partial charge in [-0.15, -0.1) is 0 Å². The van der Waals surface area contributed by atoms with Crippen molar-refractivity contribution in [1.82, 2.24) is 0 Å². The van der Waals surface area contributed by atoms with Crippen molar-refractivity contribution in [3.8, 4) is 0 Å². The topological polar surface area (TPSA) is 52.6 Å². The van der Waals surface area contributed by atoms with E-state index in [1.54, 1.807) is 0 Å². The molecule has 1 aromatic rings. The quantitative estimate of drug-likeness (QED) is 0.380. The smallest absolute Gasteiger partial charge is 0.315 e. The highest BCUT2D eigenvalue weighted by atomic mass is 16.5. The van der Waals surface area contributed by atoms with E-state index in [9.17, 15) is 9.59 Å². The summed E-state index contributed by atoms with van der Waals surface area (Å²) >= 11 is 0. The number of aldehydes is 1. The molecule has 0 aromatic heterocycles. The molecule has 25 heavy (non-hydrogen) atoms. The van der Waals surface area contributed by atoms with Crippen LogP contribution in [0.4, 0.5) is 0 Å². The normalized spacial score (nSPS) is 18.2. The van der Waals surface area contributed by atoms with Crippen molar-refractivity contribution in [2.75, 3.05) is 6.61 Å². The maximum Gasteiger partial charge on any atom is 0.315 e. The van der Waals surface area contributed by atoms with Gasteiger partial charge in [0.2, 0.25) is 0 Å². The molecule has 0 aliphatic heterocycles. The highest BCUT2D eigenvalue weighted by Gasteiger charge is 2.70. The minimum Gasteiger partial charge on any atom is -0.460 e. The fraction of sp³-hybridized carbons (Fsp3) is 0.619. The summed E-state index contributed by atoms with van der Waals surface area (Å²) in [6.45, 7) is 8.63. The predicted octanol–water partition coefficient (Wildman–Crippen LogP) is 4.31. The maximum atomic E-state index is 12.9. The molecule has 1 aromatic carbocycles. The molecule has 4 heteroatoms. The number of hydrogen-bond acceptors (Lipinski definition) is 4. The van der Waals surface area contributed by atoms with E-state index in [4.69, 9.17) is 9.47 Å². The summed E-state index contributed by atoms with van der Waals surface area (Å²) in [5.41, 5.74) is -1.57. The fourth-order valence-electron chi connectivity index (χ4n) is 3.49. The van der Waals surface area contributed by atoms with Crippen LogP contribution in [0.25, 0.3) is 0 Å². The number of unbranched alkanes of at least 4 members (excludes halogenated alkanes) is 1. The second-order valence-corrected chi connectivity index (χ2v) is 7.95.